The van der Waals surface area contributed by atoms with Crippen molar-refractivity contribution in [2.45, 2.75) is 64.5 Å². The zero-order valence-electron chi connectivity index (χ0n) is 10.3. The van der Waals surface area contributed by atoms with Crippen LogP contribution in [0.25, 0.3) is 0 Å². The average Bonchev–Trinajstić information content (AvgIpc) is 2.72. The highest BCUT2D eigenvalue weighted by molar-refractivity contribution is 5.11. The molecule has 0 amide bonds. The SMILES string of the molecule is CCc1cc(CC)n(C2CCCC(O)C2)n1. The molecular weight excluding hydrogens is 200 g/mol. The molecule has 0 aliphatic heterocycles. The van der Waals surface area contributed by atoms with Crippen molar-refractivity contribution in [2.75, 3.05) is 0 Å². The van der Waals surface area contributed by atoms with Gasteiger partial charge < -0.3 is 5.11 Å². The van der Waals surface area contributed by atoms with E-state index in [4.69, 9.17) is 0 Å². The van der Waals surface area contributed by atoms with Crippen LogP contribution in [0.1, 0.15) is 57.0 Å². The number of aliphatic hydroxyl groups excluding tert-OH is 1. The zero-order valence-corrected chi connectivity index (χ0v) is 10.3. The van der Waals surface area contributed by atoms with Crippen LogP contribution in [-0.4, -0.2) is 21.0 Å². The lowest BCUT2D eigenvalue weighted by atomic mass is 9.93. The molecule has 2 unspecified atom stereocenters. The fraction of sp³-hybridized carbons (Fsp3) is 0.769. The first-order chi connectivity index (χ1) is 7.74. The first-order valence-electron chi connectivity index (χ1n) is 6.50. The number of rotatable bonds is 3. The Kier molecular flexibility index (Phi) is 3.64. The predicted octanol–water partition coefficient (Wildman–Crippen LogP) is 2.48. The van der Waals surface area contributed by atoms with Gasteiger partial charge in [-0.2, -0.15) is 5.10 Å². The molecule has 3 nitrogen and oxygen atoms in total. The van der Waals surface area contributed by atoms with E-state index in [1.165, 1.54) is 11.4 Å². The summed E-state index contributed by atoms with van der Waals surface area (Å²) >= 11 is 0. The second-order valence-corrected chi connectivity index (χ2v) is 4.75. The first kappa shape index (κ1) is 11.6. The lowest BCUT2D eigenvalue weighted by Crippen LogP contribution is -2.24. The molecule has 2 rings (SSSR count). The lowest BCUT2D eigenvalue weighted by Gasteiger charge is -2.27. The van der Waals surface area contributed by atoms with Gasteiger partial charge in [0.25, 0.3) is 0 Å². The summed E-state index contributed by atoms with van der Waals surface area (Å²) < 4.78 is 2.17. The van der Waals surface area contributed by atoms with Crippen molar-refractivity contribution in [3.63, 3.8) is 0 Å². The third-order valence-corrected chi connectivity index (χ3v) is 3.55. The van der Waals surface area contributed by atoms with E-state index in [9.17, 15) is 5.11 Å². The Labute approximate surface area is 97.5 Å². The van der Waals surface area contributed by atoms with Gasteiger partial charge in [0, 0.05) is 5.69 Å². The van der Waals surface area contributed by atoms with Gasteiger partial charge in [0.05, 0.1) is 17.8 Å². The molecule has 1 heterocycles. The van der Waals surface area contributed by atoms with Crippen molar-refractivity contribution in [2.24, 2.45) is 0 Å². The Balaban J connectivity index is 2.20. The summed E-state index contributed by atoms with van der Waals surface area (Å²) in [7, 11) is 0. The minimum Gasteiger partial charge on any atom is -0.393 e. The van der Waals surface area contributed by atoms with Gasteiger partial charge in [-0.1, -0.05) is 13.8 Å². The van der Waals surface area contributed by atoms with Crippen molar-refractivity contribution in [3.05, 3.63) is 17.5 Å². The van der Waals surface area contributed by atoms with Crippen LogP contribution in [0, 0.1) is 0 Å². The van der Waals surface area contributed by atoms with Gasteiger partial charge in [-0.15, -0.1) is 0 Å². The molecule has 1 fully saturated rings. The number of nitrogens with zero attached hydrogens (tertiary/aromatic N) is 2. The smallest absolute Gasteiger partial charge is 0.0624 e. The van der Waals surface area contributed by atoms with Gasteiger partial charge >= 0.3 is 0 Å². The fourth-order valence-electron chi connectivity index (χ4n) is 2.60. The van der Waals surface area contributed by atoms with Crippen molar-refractivity contribution in [3.8, 4) is 0 Å². The molecule has 2 atom stereocenters. The minimum absolute atomic E-state index is 0.127. The maximum atomic E-state index is 9.73. The number of aryl methyl sites for hydroxylation is 2. The Hall–Kier alpha value is -0.830. The van der Waals surface area contributed by atoms with Crippen LogP contribution in [0.3, 0.4) is 0 Å². The molecule has 90 valence electrons. The fourth-order valence-corrected chi connectivity index (χ4v) is 2.60. The van der Waals surface area contributed by atoms with Gasteiger partial charge in [-0.05, 0) is 44.6 Å². The Morgan fingerprint density at radius 1 is 1.38 bits per heavy atom. The molecule has 0 spiro atoms. The topological polar surface area (TPSA) is 38.0 Å². The molecule has 16 heavy (non-hydrogen) atoms. The summed E-state index contributed by atoms with van der Waals surface area (Å²) in [6, 6.07) is 2.63. The molecule has 0 bridgehead atoms. The van der Waals surface area contributed by atoms with Crippen LogP contribution in [0.4, 0.5) is 0 Å². The van der Waals surface area contributed by atoms with Crippen LogP contribution in [0.15, 0.2) is 6.07 Å². The van der Waals surface area contributed by atoms with Crippen LogP contribution in [0.5, 0.6) is 0 Å². The molecule has 0 aromatic carbocycles. The normalized spacial score (nSPS) is 25.9. The highest BCUT2D eigenvalue weighted by Gasteiger charge is 2.23. The highest BCUT2D eigenvalue weighted by Crippen LogP contribution is 2.29. The number of aromatic nitrogens is 2. The van der Waals surface area contributed by atoms with E-state index >= 15 is 0 Å². The van der Waals surface area contributed by atoms with Crippen molar-refractivity contribution in [1.82, 2.24) is 9.78 Å². The molecule has 3 heteroatoms. The van der Waals surface area contributed by atoms with Gasteiger partial charge in [0.1, 0.15) is 0 Å². The predicted molar refractivity (Wildman–Crippen MR) is 64.5 cm³/mol. The molecule has 1 aromatic heterocycles. The average molecular weight is 222 g/mol. The van der Waals surface area contributed by atoms with E-state index in [-0.39, 0.29) is 6.10 Å². The second-order valence-electron chi connectivity index (χ2n) is 4.75. The summed E-state index contributed by atoms with van der Waals surface area (Å²) in [5.41, 5.74) is 2.49. The van der Waals surface area contributed by atoms with Crippen molar-refractivity contribution in [1.29, 1.82) is 0 Å². The zero-order chi connectivity index (χ0) is 11.5. The third-order valence-electron chi connectivity index (χ3n) is 3.55. The van der Waals surface area contributed by atoms with Gasteiger partial charge in [-0.3, -0.25) is 4.68 Å². The molecule has 1 saturated carbocycles. The molecule has 1 N–H and O–H groups in total. The first-order valence-corrected chi connectivity index (χ1v) is 6.50. The van der Waals surface area contributed by atoms with Crippen molar-refractivity contribution >= 4 is 0 Å². The van der Waals surface area contributed by atoms with Gasteiger partial charge in [0.15, 0.2) is 0 Å². The highest BCUT2D eigenvalue weighted by atomic mass is 16.3. The standard InChI is InChI=1S/C13H22N2O/c1-3-10-8-11(4-2)15(14-10)12-6-5-7-13(16)9-12/h8,12-13,16H,3-7,9H2,1-2H3. The van der Waals surface area contributed by atoms with Crippen LogP contribution < -0.4 is 0 Å². The van der Waals surface area contributed by atoms with E-state index in [1.807, 2.05) is 0 Å². The van der Waals surface area contributed by atoms with E-state index in [2.05, 4.69) is 29.7 Å². The summed E-state index contributed by atoms with van der Waals surface area (Å²) in [6.07, 6.45) is 6.01. The van der Waals surface area contributed by atoms with E-state index in [1.54, 1.807) is 0 Å². The summed E-state index contributed by atoms with van der Waals surface area (Å²) in [5.74, 6) is 0. The summed E-state index contributed by atoms with van der Waals surface area (Å²) in [6.45, 7) is 4.31. The molecule has 0 saturated heterocycles. The van der Waals surface area contributed by atoms with Gasteiger partial charge in [0.2, 0.25) is 0 Å². The Bertz CT molecular complexity index is 346. The maximum absolute atomic E-state index is 9.73. The lowest BCUT2D eigenvalue weighted by molar-refractivity contribution is 0.0991. The van der Waals surface area contributed by atoms with Crippen molar-refractivity contribution < 1.29 is 5.11 Å². The number of hydrogen-bond donors (Lipinski definition) is 1. The minimum atomic E-state index is -0.127. The monoisotopic (exact) mass is 222 g/mol. The molecule has 1 aliphatic rings. The van der Waals surface area contributed by atoms with Gasteiger partial charge in [-0.25, -0.2) is 0 Å². The second kappa shape index (κ2) is 5.00. The van der Waals surface area contributed by atoms with Crippen LogP contribution in [-0.2, 0) is 12.8 Å². The summed E-state index contributed by atoms with van der Waals surface area (Å²) in [4.78, 5) is 0. The quantitative estimate of drug-likeness (QED) is 0.853. The van der Waals surface area contributed by atoms with Crippen LogP contribution >= 0.6 is 0 Å². The third kappa shape index (κ3) is 2.29. The number of aliphatic hydroxyl groups is 1. The van der Waals surface area contributed by atoms with E-state index in [0.717, 1.165) is 38.5 Å². The van der Waals surface area contributed by atoms with E-state index < -0.39 is 0 Å². The van der Waals surface area contributed by atoms with Crippen LogP contribution in [0.2, 0.25) is 0 Å². The molecular formula is C13H22N2O. The van der Waals surface area contributed by atoms with E-state index in [0.29, 0.717) is 6.04 Å². The largest absolute Gasteiger partial charge is 0.393 e. The Morgan fingerprint density at radius 2 is 2.19 bits per heavy atom. The molecule has 1 aromatic rings. The molecule has 0 radical (unpaired) electrons. The molecule has 1 aliphatic carbocycles. The summed E-state index contributed by atoms with van der Waals surface area (Å²) in [5, 5.41) is 14.4. The Morgan fingerprint density at radius 3 is 2.81 bits per heavy atom. The number of hydrogen-bond acceptors (Lipinski definition) is 2. The maximum Gasteiger partial charge on any atom is 0.0624 e.